The minimum atomic E-state index is 0. The Hall–Kier alpha value is -4.05. The summed E-state index contributed by atoms with van der Waals surface area (Å²) in [4.78, 5) is 4.22. The van der Waals surface area contributed by atoms with Crippen molar-refractivity contribution in [2.45, 2.75) is 46.0 Å². The normalized spacial score (nSPS) is 11.7. The van der Waals surface area contributed by atoms with Crippen LogP contribution >= 0.6 is 0 Å². The number of rotatable bonds is 3. The average Bonchev–Trinajstić information content (AvgIpc) is 3.39. The molecule has 7 rings (SSSR count). The van der Waals surface area contributed by atoms with Crippen molar-refractivity contribution in [2.75, 3.05) is 0 Å². The summed E-state index contributed by atoms with van der Waals surface area (Å²) in [6, 6.07) is 39.3. The number of benzene rings is 4. The van der Waals surface area contributed by atoms with Crippen LogP contribution < -0.4 is 9.30 Å². The molecular weight excluding hydrogens is 695 g/mol. The van der Waals surface area contributed by atoms with Gasteiger partial charge in [0, 0.05) is 11.9 Å². The third-order valence-corrected chi connectivity index (χ3v) is 7.30. The van der Waals surface area contributed by atoms with Gasteiger partial charge in [0.05, 0.1) is 11.2 Å². The van der Waals surface area contributed by atoms with E-state index in [1.54, 1.807) is 6.20 Å². The number of pyridine rings is 1. The van der Waals surface area contributed by atoms with Crippen LogP contribution in [0.2, 0.25) is 0 Å². The summed E-state index contributed by atoms with van der Waals surface area (Å²) in [7, 11) is 0. The molecule has 4 nitrogen and oxygen atoms in total. The molecule has 0 spiro atoms. The van der Waals surface area contributed by atoms with Crippen LogP contribution in [0, 0.1) is 18.5 Å². The third-order valence-electron chi connectivity index (χ3n) is 7.30. The smallest absolute Gasteiger partial charge is 0.523 e. The van der Waals surface area contributed by atoms with E-state index in [9.17, 15) is 0 Å². The average molecular weight is 728 g/mol. The number of hydrogen-bond donors (Lipinski definition) is 0. The zero-order valence-electron chi connectivity index (χ0n) is 24.5. The van der Waals surface area contributed by atoms with Gasteiger partial charge in [-0.1, -0.05) is 76.4 Å². The summed E-state index contributed by atoms with van der Waals surface area (Å²) in [6.07, 6.45) is 5.32. The molecule has 0 bridgehead atoms. The molecular formula is C37H33IrN3O+. The molecule has 0 atom stereocenters. The minimum Gasteiger partial charge on any atom is -0.523 e. The van der Waals surface area contributed by atoms with Crippen LogP contribution in [0.5, 0.6) is 11.5 Å². The van der Waals surface area contributed by atoms with Gasteiger partial charge in [-0.05, 0) is 47.1 Å². The number of nitrogens with zero attached hydrogens (tertiary/aromatic N) is 3. The number of imidazole rings is 1. The van der Waals surface area contributed by atoms with Crippen LogP contribution in [0.3, 0.4) is 0 Å². The van der Waals surface area contributed by atoms with Gasteiger partial charge >= 0.3 is 20.1 Å². The van der Waals surface area contributed by atoms with Crippen molar-refractivity contribution >= 4 is 11.0 Å². The van der Waals surface area contributed by atoms with E-state index in [0.29, 0.717) is 5.92 Å². The van der Waals surface area contributed by atoms with E-state index in [-0.39, 0.29) is 25.5 Å². The van der Waals surface area contributed by atoms with Gasteiger partial charge < -0.3 is 14.3 Å². The fourth-order valence-electron chi connectivity index (χ4n) is 4.92. The third kappa shape index (κ3) is 5.81. The molecule has 1 aliphatic heterocycles. The molecule has 3 heterocycles. The Morgan fingerprint density at radius 1 is 0.857 bits per heavy atom. The Balaban J connectivity index is 0.000000228. The molecule has 0 fully saturated rings. The maximum atomic E-state index is 6.30. The van der Waals surface area contributed by atoms with E-state index >= 15 is 0 Å². The molecule has 6 aromatic rings. The second-order valence-electron chi connectivity index (χ2n) is 11.6. The summed E-state index contributed by atoms with van der Waals surface area (Å²) in [5.74, 6) is 2.19. The van der Waals surface area contributed by atoms with Gasteiger partial charge in [-0.25, -0.2) is 0 Å². The van der Waals surface area contributed by atoms with E-state index in [1.807, 2.05) is 54.6 Å². The van der Waals surface area contributed by atoms with Crippen molar-refractivity contribution in [2.24, 2.45) is 0 Å². The molecule has 210 valence electrons. The molecule has 0 unspecified atom stereocenters. The Morgan fingerprint density at radius 2 is 1.64 bits per heavy atom. The monoisotopic (exact) mass is 728 g/mol. The largest absolute Gasteiger partial charge is 3.00 e. The van der Waals surface area contributed by atoms with E-state index in [0.717, 1.165) is 45.2 Å². The van der Waals surface area contributed by atoms with Crippen molar-refractivity contribution < 1.29 is 29.4 Å². The quantitative estimate of drug-likeness (QED) is 0.135. The first kappa shape index (κ1) is 29.4. The van der Waals surface area contributed by atoms with Gasteiger partial charge in [0.1, 0.15) is 11.3 Å². The van der Waals surface area contributed by atoms with E-state index in [1.165, 1.54) is 11.1 Å². The van der Waals surface area contributed by atoms with E-state index in [2.05, 4.69) is 110 Å². The van der Waals surface area contributed by atoms with Gasteiger partial charge in [0.25, 0.3) is 6.33 Å². The molecule has 5 heteroatoms. The topological polar surface area (TPSA) is 30.9 Å². The predicted molar refractivity (Wildman–Crippen MR) is 164 cm³/mol. The summed E-state index contributed by atoms with van der Waals surface area (Å²) >= 11 is 0. The zero-order chi connectivity index (χ0) is 28.6. The zero-order valence-corrected chi connectivity index (χ0v) is 26.9. The first-order valence-corrected chi connectivity index (χ1v) is 14.0. The Labute approximate surface area is 262 Å². The van der Waals surface area contributed by atoms with Gasteiger partial charge in [-0.3, -0.25) is 4.57 Å². The summed E-state index contributed by atoms with van der Waals surface area (Å²) in [6.45, 7) is 11.0. The van der Waals surface area contributed by atoms with Crippen LogP contribution in [0.15, 0.2) is 103 Å². The van der Waals surface area contributed by atoms with Crippen LogP contribution in [-0.4, -0.2) is 9.55 Å². The maximum absolute atomic E-state index is 6.30. The Morgan fingerprint density at radius 3 is 2.31 bits per heavy atom. The number of para-hydroxylation sites is 1. The second kappa shape index (κ2) is 12.1. The fourth-order valence-corrected chi connectivity index (χ4v) is 4.92. The number of fused-ring (bicyclic) bond motifs is 2. The van der Waals surface area contributed by atoms with Crippen LogP contribution in [0.4, 0.5) is 0 Å². The second-order valence-corrected chi connectivity index (χ2v) is 11.6. The molecule has 0 radical (unpaired) electrons. The first-order chi connectivity index (χ1) is 19.8. The molecule has 4 aromatic carbocycles. The number of ether oxygens (including phenoxy) is 1. The fraction of sp³-hybridized carbons (Fsp3) is 0.189. The molecule has 0 amide bonds. The molecule has 0 saturated heterocycles. The van der Waals surface area contributed by atoms with E-state index in [4.69, 9.17) is 4.74 Å². The summed E-state index contributed by atoms with van der Waals surface area (Å²) in [5, 5.41) is 0. The first-order valence-electron chi connectivity index (χ1n) is 14.0. The summed E-state index contributed by atoms with van der Waals surface area (Å²) in [5.41, 5.74) is 8.67. The van der Waals surface area contributed by atoms with E-state index < -0.39 is 0 Å². The van der Waals surface area contributed by atoms with Gasteiger partial charge in [-0.15, -0.1) is 47.5 Å². The van der Waals surface area contributed by atoms with Crippen molar-refractivity contribution in [3.8, 4) is 34.1 Å². The molecule has 0 aliphatic carbocycles. The standard InChI is InChI=1S/C26H25N2O.C11H8N.Ir/c1-17(2)18-9-12-20(13-10-18)27-16-28-21-14-11-19(26(3,4)5)15-24(21)29-23-8-6-7-22(27)25(23)28;1-2-6-10(7-3-1)11-8-4-5-9-12-11;/h6-13,15,17H,1-5H3;1-6,8-9H;/q2*-1;+3. The SMILES string of the molecule is CC(C)c1ccc(-n2[c-][n+]3c4c(cccc42)Oc2cc(C(C)(C)C)c[c-]c2-3)cc1.[Ir+3].[c-]1ccccc1-c1ccccn1. The van der Waals surface area contributed by atoms with Gasteiger partial charge in [-0.2, -0.15) is 12.1 Å². The van der Waals surface area contributed by atoms with Crippen LogP contribution in [0.25, 0.3) is 33.7 Å². The minimum absolute atomic E-state index is 0. The van der Waals surface area contributed by atoms with Crippen molar-refractivity contribution in [1.29, 1.82) is 0 Å². The Kier molecular flexibility index (Phi) is 8.45. The van der Waals surface area contributed by atoms with Crippen LogP contribution in [0.1, 0.15) is 51.7 Å². The van der Waals surface area contributed by atoms with Crippen molar-refractivity contribution in [3.63, 3.8) is 0 Å². The molecule has 0 N–H and O–H groups in total. The Bertz CT molecular complexity index is 1770. The molecule has 42 heavy (non-hydrogen) atoms. The number of aromatic nitrogens is 3. The van der Waals surface area contributed by atoms with Gasteiger partial charge in [0.2, 0.25) is 0 Å². The van der Waals surface area contributed by atoms with Crippen molar-refractivity contribution in [1.82, 2.24) is 9.55 Å². The molecule has 1 aliphatic rings. The number of hydrogen-bond acceptors (Lipinski definition) is 2. The predicted octanol–water partition coefficient (Wildman–Crippen LogP) is 8.58. The van der Waals surface area contributed by atoms with Crippen molar-refractivity contribution in [3.05, 3.63) is 133 Å². The molecule has 0 saturated carbocycles. The van der Waals surface area contributed by atoms with Gasteiger partial charge in [0.15, 0.2) is 0 Å². The van der Waals surface area contributed by atoms with Crippen LogP contribution in [-0.2, 0) is 25.5 Å². The molecule has 2 aromatic heterocycles. The maximum Gasteiger partial charge on any atom is 3.00 e. The summed E-state index contributed by atoms with van der Waals surface area (Å²) < 4.78 is 10.5.